The van der Waals surface area contributed by atoms with E-state index in [2.05, 4.69) is 4.98 Å². The summed E-state index contributed by atoms with van der Waals surface area (Å²) in [5.74, 6) is -1.04. The van der Waals surface area contributed by atoms with Crippen molar-refractivity contribution in [2.75, 3.05) is 0 Å². The Bertz CT molecular complexity index is 628. The lowest BCUT2D eigenvalue weighted by Crippen LogP contribution is -2.05. The summed E-state index contributed by atoms with van der Waals surface area (Å²) in [6.45, 7) is 1.94. The van der Waals surface area contributed by atoms with Gasteiger partial charge in [0, 0.05) is 19.0 Å². The van der Waals surface area contributed by atoms with Crippen LogP contribution >= 0.6 is 0 Å². The Hall–Kier alpha value is -2.17. The molecule has 5 heteroatoms. The van der Waals surface area contributed by atoms with Crippen LogP contribution in [0.15, 0.2) is 18.2 Å². The van der Waals surface area contributed by atoms with Gasteiger partial charge in [-0.3, -0.25) is 4.79 Å². The van der Waals surface area contributed by atoms with Gasteiger partial charge in [0.25, 0.3) is 0 Å². The second-order valence-electron chi connectivity index (χ2n) is 4.18. The highest BCUT2D eigenvalue weighted by Crippen LogP contribution is 2.18. The number of imidazole rings is 1. The van der Waals surface area contributed by atoms with Crippen molar-refractivity contribution < 1.29 is 14.7 Å². The molecule has 1 aromatic carbocycles. The molecule has 0 unspecified atom stereocenters. The van der Waals surface area contributed by atoms with Crippen molar-refractivity contribution in [3.63, 3.8) is 0 Å². The molecule has 1 heterocycles. The number of carbonyl (C=O) groups excluding carboxylic acids is 1. The zero-order chi connectivity index (χ0) is 13.3. The molecular weight excluding hydrogens is 232 g/mol. The Labute approximate surface area is 104 Å². The highest BCUT2D eigenvalue weighted by molar-refractivity contribution is 5.99. The van der Waals surface area contributed by atoms with Crippen LogP contribution in [0, 0.1) is 0 Å². The molecule has 0 radical (unpaired) electrons. The molecule has 0 atom stereocenters. The maximum absolute atomic E-state index is 11.8. The van der Waals surface area contributed by atoms with Crippen molar-refractivity contribution in [3.05, 3.63) is 29.6 Å². The number of carboxylic acid groups (broad SMARTS) is 1. The summed E-state index contributed by atoms with van der Waals surface area (Å²) in [4.78, 5) is 26.8. The van der Waals surface area contributed by atoms with E-state index in [1.807, 2.05) is 6.92 Å². The van der Waals surface area contributed by atoms with E-state index in [9.17, 15) is 9.59 Å². The molecule has 5 nitrogen and oxygen atoms in total. The van der Waals surface area contributed by atoms with Gasteiger partial charge in [-0.25, -0.2) is 9.78 Å². The summed E-state index contributed by atoms with van der Waals surface area (Å²) in [5, 5.41) is 8.98. The summed E-state index contributed by atoms with van der Waals surface area (Å²) in [6.07, 6.45) is 1.28. The van der Waals surface area contributed by atoms with Crippen molar-refractivity contribution in [2.24, 2.45) is 7.05 Å². The third-order valence-corrected chi connectivity index (χ3v) is 2.87. The third-order valence-electron chi connectivity index (χ3n) is 2.87. The number of aryl methyl sites for hydroxylation is 1. The zero-order valence-corrected chi connectivity index (χ0v) is 10.3. The van der Waals surface area contributed by atoms with E-state index < -0.39 is 5.97 Å². The highest BCUT2D eigenvalue weighted by Gasteiger charge is 2.15. The molecule has 94 valence electrons. The maximum Gasteiger partial charge on any atom is 0.372 e. The molecule has 2 rings (SSSR count). The van der Waals surface area contributed by atoms with Gasteiger partial charge in [0.1, 0.15) is 0 Å². The molecule has 1 aromatic heterocycles. The molecule has 0 spiro atoms. The predicted octanol–water partition coefficient (Wildman–Crippen LogP) is 2.25. The molecule has 0 saturated carbocycles. The first kappa shape index (κ1) is 12.3. The van der Waals surface area contributed by atoms with Gasteiger partial charge in [-0.2, -0.15) is 0 Å². The van der Waals surface area contributed by atoms with E-state index in [1.54, 1.807) is 25.2 Å². The first-order valence-electron chi connectivity index (χ1n) is 5.77. The first-order chi connectivity index (χ1) is 8.54. The van der Waals surface area contributed by atoms with Crippen molar-refractivity contribution in [3.8, 4) is 0 Å². The van der Waals surface area contributed by atoms with Gasteiger partial charge in [-0.15, -0.1) is 0 Å². The number of aromatic carboxylic acids is 1. The summed E-state index contributed by atoms with van der Waals surface area (Å²) >= 11 is 0. The average molecular weight is 246 g/mol. The Morgan fingerprint density at radius 3 is 2.72 bits per heavy atom. The van der Waals surface area contributed by atoms with Crippen molar-refractivity contribution >= 4 is 22.8 Å². The summed E-state index contributed by atoms with van der Waals surface area (Å²) < 4.78 is 1.51. The highest BCUT2D eigenvalue weighted by atomic mass is 16.4. The number of ketones is 1. The van der Waals surface area contributed by atoms with Crippen LogP contribution in [0.25, 0.3) is 11.0 Å². The number of fused-ring (bicyclic) bond motifs is 1. The number of benzene rings is 1. The van der Waals surface area contributed by atoms with Crippen LogP contribution in [0.4, 0.5) is 0 Å². The molecule has 0 aliphatic heterocycles. The van der Waals surface area contributed by atoms with Crippen molar-refractivity contribution in [2.45, 2.75) is 19.8 Å². The predicted molar refractivity (Wildman–Crippen MR) is 66.9 cm³/mol. The van der Waals surface area contributed by atoms with Gasteiger partial charge >= 0.3 is 5.97 Å². The van der Waals surface area contributed by atoms with E-state index in [0.717, 1.165) is 6.42 Å². The van der Waals surface area contributed by atoms with Crippen LogP contribution in [-0.4, -0.2) is 26.4 Å². The second-order valence-corrected chi connectivity index (χ2v) is 4.18. The van der Waals surface area contributed by atoms with Crippen LogP contribution in [0.5, 0.6) is 0 Å². The third kappa shape index (κ3) is 1.99. The van der Waals surface area contributed by atoms with Gasteiger partial charge in [-0.05, 0) is 24.6 Å². The Balaban J connectivity index is 2.52. The number of carbonyl (C=O) groups is 2. The van der Waals surface area contributed by atoms with Crippen LogP contribution in [0.2, 0.25) is 0 Å². The van der Waals surface area contributed by atoms with E-state index in [4.69, 9.17) is 5.11 Å². The van der Waals surface area contributed by atoms with Gasteiger partial charge < -0.3 is 9.67 Å². The zero-order valence-electron chi connectivity index (χ0n) is 10.3. The Morgan fingerprint density at radius 2 is 2.11 bits per heavy atom. The molecule has 0 bridgehead atoms. The topological polar surface area (TPSA) is 72.2 Å². The normalized spacial score (nSPS) is 10.8. The molecule has 2 aromatic rings. The van der Waals surface area contributed by atoms with Crippen LogP contribution in [0.1, 0.15) is 40.7 Å². The number of Topliss-reactive ketones (excluding diaryl/α,β-unsaturated/α-hetero) is 1. The van der Waals surface area contributed by atoms with E-state index in [1.165, 1.54) is 4.57 Å². The molecule has 18 heavy (non-hydrogen) atoms. The Morgan fingerprint density at radius 1 is 1.39 bits per heavy atom. The number of nitrogens with zero attached hydrogens (tertiary/aromatic N) is 2. The minimum Gasteiger partial charge on any atom is -0.475 e. The first-order valence-corrected chi connectivity index (χ1v) is 5.77. The largest absolute Gasteiger partial charge is 0.475 e. The fraction of sp³-hybridized carbons (Fsp3) is 0.308. The molecule has 0 aliphatic carbocycles. The lowest BCUT2D eigenvalue weighted by atomic mass is 10.1. The fourth-order valence-corrected chi connectivity index (χ4v) is 1.94. The van der Waals surface area contributed by atoms with Gasteiger partial charge in [0.15, 0.2) is 5.78 Å². The number of hydrogen-bond acceptors (Lipinski definition) is 3. The molecule has 1 N–H and O–H groups in total. The van der Waals surface area contributed by atoms with E-state index in [0.29, 0.717) is 23.0 Å². The average Bonchev–Trinajstić information content (AvgIpc) is 2.67. The quantitative estimate of drug-likeness (QED) is 0.840. The van der Waals surface area contributed by atoms with Crippen LogP contribution < -0.4 is 0 Å². The van der Waals surface area contributed by atoms with E-state index >= 15 is 0 Å². The minimum absolute atomic E-state index is 0.0231. The summed E-state index contributed by atoms with van der Waals surface area (Å²) in [6, 6.07) is 5.10. The molecule has 0 saturated heterocycles. The van der Waals surface area contributed by atoms with Gasteiger partial charge in [-0.1, -0.05) is 6.92 Å². The van der Waals surface area contributed by atoms with Crippen molar-refractivity contribution in [1.29, 1.82) is 0 Å². The van der Waals surface area contributed by atoms with Gasteiger partial charge in [0.05, 0.1) is 11.0 Å². The van der Waals surface area contributed by atoms with Gasteiger partial charge in [0.2, 0.25) is 5.82 Å². The molecule has 0 fully saturated rings. The van der Waals surface area contributed by atoms with Crippen LogP contribution in [-0.2, 0) is 7.05 Å². The van der Waals surface area contributed by atoms with E-state index in [-0.39, 0.29) is 11.6 Å². The number of carboxylic acids is 1. The molecule has 0 aliphatic rings. The fourth-order valence-electron chi connectivity index (χ4n) is 1.94. The monoisotopic (exact) mass is 246 g/mol. The second kappa shape index (κ2) is 4.60. The standard InChI is InChI=1S/C13H14N2O3/c1-3-4-11(16)8-5-6-10-9(7-8)14-12(13(17)18)15(10)2/h5-7H,3-4H2,1-2H3,(H,17,18). The Kier molecular flexibility index (Phi) is 3.14. The molecule has 0 amide bonds. The molecular formula is C13H14N2O3. The lowest BCUT2D eigenvalue weighted by Gasteiger charge is -2.00. The minimum atomic E-state index is -1.07. The summed E-state index contributed by atoms with van der Waals surface area (Å²) in [7, 11) is 1.65. The van der Waals surface area contributed by atoms with Crippen molar-refractivity contribution in [1.82, 2.24) is 9.55 Å². The maximum atomic E-state index is 11.8. The summed E-state index contributed by atoms with van der Waals surface area (Å²) in [5.41, 5.74) is 1.83. The smallest absolute Gasteiger partial charge is 0.372 e. The van der Waals surface area contributed by atoms with Crippen LogP contribution in [0.3, 0.4) is 0 Å². The number of aromatic nitrogens is 2. The lowest BCUT2D eigenvalue weighted by molar-refractivity contribution is 0.0680. The number of hydrogen-bond donors (Lipinski definition) is 1. The SMILES string of the molecule is CCCC(=O)c1ccc2c(c1)nc(C(=O)O)n2C. The number of rotatable bonds is 4.